The Hall–Kier alpha value is -2.50. The van der Waals surface area contributed by atoms with E-state index in [0.717, 1.165) is 57.2 Å². The molecule has 3 aromatic rings. The van der Waals surface area contributed by atoms with Crippen molar-refractivity contribution in [3.63, 3.8) is 0 Å². The smallest absolute Gasteiger partial charge is 0.0283 e. The molecule has 6 heteroatoms. The number of thiol groups is 6. The summed E-state index contributed by atoms with van der Waals surface area (Å²) in [6.07, 6.45) is 24.5. The van der Waals surface area contributed by atoms with Crippen molar-refractivity contribution in [2.24, 2.45) is 5.92 Å². The third-order valence-electron chi connectivity index (χ3n) is 8.94. The van der Waals surface area contributed by atoms with Crippen molar-refractivity contribution in [1.82, 2.24) is 0 Å². The van der Waals surface area contributed by atoms with Gasteiger partial charge in [0, 0.05) is 46.1 Å². The Morgan fingerprint density at radius 1 is 0.872 bits per heavy atom. The van der Waals surface area contributed by atoms with Crippen LogP contribution in [0.25, 0.3) is 5.57 Å². The van der Waals surface area contributed by atoms with Crippen LogP contribution in [0.1, 0.15) is 49.4 Å². The first kappa shape index (κ1) is 37.3. The lowest BCUT2D eigenvalue weighted by atomic mass is 9.67. The minimum atomic E-state index is -0.425. The molecular weight excluding hydrogens is 685 g/mol. The largest absolute Gasteiger partial charge is 0.144 e. The van der Waals surface area contributed by atoms with Gasteiger partial charge in [0.15, 0.2) is 0 Å². The normalized spacial score (nSPS) is 17.9. The van der Waals surface area contributed by atoms with Crippen molar-refractivity contribution in [2.45, 2.75) is 57.6 Å². The molecule has 47 heavy (non-hydrogen) atoms. The van der Waals surface area contributed by atoms with Gasteiger partial charge in [-0.2, -0.15) is 0 Å². The van der Waals surface area contributed by atoms with Crippen molar-refractivity contribution in [1.29, 1.82) is 0 Å². The molecule has 0 heterocycles. The SMILES string of the molecule is C#C/C=C\C(S)=C/CC(C)(C(/C=C\C(=C)c1ccc(C(C)(c2cc(S)ccc2S)C2C=CC(S)=C2)cc1)=C/C)c1cc(S)ccc1S. The van der Waals surface area contributed by atoms with E-state index in [4.69, 9.17) is 31.7 Å². The molecule has 1 aliphatic carbocycles. The van der Waals surface area contributed by atoms with Crippen LogP contribution in [0, 0.1) is 18.3 Å². The topological polar surface area (TPSA) is 0 Å². The predicted molar refractivity (Wildman–Crippen MR) is 223 cm³/mol. The maximum absolute atomic E-state index is 5.42. The lowest BCUT2D eigenvalue weighted by Crippen LogP contribution is -2.31. The van der Waals surface area contributed by atoms with Crippen molar-refractivity contribution >= 4 is 81.3 Å². The number of allylic oxidation sites excluding steroid dienone is 11. The second kappa shape index (κ2) is 16.3. The van der Waals surface area contributed by atoms with Gasteiger partial charge in [-0.25, -0.2) is 0 Å². The summed E-state index contributed by atoms with van der Waals surface area (Å²) in [5.41, 5.74) is 5.62. The first-order valence-electron chi connectivity index (χ1n) is 15.1. The van der Waals surface area contributed by atoms with Crippen LogP contribution in [0.3, 0.4) is 0 Å². The Morgan fingerprint density at radius 2 is 1.49 bits per heavy atom. The first-order valence-corrected chi connectivity index (χ1v) is 17.8. The average molecular weight is 725 g/mol. The lowest BCUT2D eigenvalue weighted by Gasteiger charge is -2.36. The van der Waals surface area contributed by atoms with Gasteiger partial charge < -0.3 is 0 Å². The molecule has 0 amide bonds. The summed E-state index contributed by atoms with van der Waals surface area (Å²) in [6.45, 7) is 11.0. The van der Waals surface area contributed by atoms with Crippen molar-refractivity contribution in [3.05, 3.63) is 160 Å². The molecule has 1 aliphatic rings. The molecule has 0 fully saturated rings. The Morgan fingerprint density at radius 3 is 2.06 bits per heavy atom. The van der Waals surface area contributed by atoms with Gasteiger partial charge in [-0.05, 0) is 95.3 Å². The van der Waals surface area contributed by atoms with E-state index in [2.05, 4.69) is 163 Å². The Labute approximate surface area is 314 Å². The molecule has 0 aliphatic heterocycles. The Kier molecular flexibility index (Phi) is 12.9. The highest BCUT2D eigenvalue weighted by molar-refractivity contribution is 7.85. The molecule has 0 radical (unpaired) electrons. The molecule has 0 spiro atoms. The van der Waals surface area contributed by atoms with E-state index in [1.54, 1.807) is 6.08 Å². The van der Waals surface area contributed by atoms with Crippen LogP contribution in [-0.4, -0.2) is 0 Å². The molecule has 3 aromatic carbocycles. The van der Waals surface area contributed by atoms with E-state index in [1.807, 2.05) is 30.3 Å². The van der Waals surface area contributed by atoms with Crippen LogP contribution in [-0.2, 0) is 10.8 Å². The fraction of sp³-hybridized carbons (Fsp3) is 0.171. The fourth-order valence-electron chi connectivity index (χ4n) is 6.10. The van der Waals surface area contributed by atoms with Crippen LogP contribution in [0.2, 0.25) is 0 Å². The zero-order valence-corrected chi connectivity index (χ0v) is 32.1. The first-order chi connectivity index (χ1) is 22.3. The Balaban J connectivity index is 1.69. The number of benzene rings is 3. The predicted octanol–water partition coefficient (Wildman–Crippen LogP) is 12.0. The second-order valence-electron chi connectivity index (χ2n) is 11.9. The standard InChI is InChI=1S/C41H40S6/c1-6-8-9-32(42)22-23-40(4,36-25-34(44)18-20-38(36)46)29(7-2)13-10-27(3)28-11-14-30(15-12-28)41(5,31-16-17-33(43)24-31)37-26-35(45)19-21-39(37)47/h1,7-22,24-26,31,42-47H,3,23H2,2,4-5H3/b9-8-,13-10-,29-7+,32-22+. The van der Waals surface area contributed by atoms with E-state index in [9.17, 15) is 0 Å². The Bertz CT molecular complexity index is 1880. The van der Waals surface area contributed by atoms with Gasteiger partial charge in [-0.15, -0.1) is 82.2 Å². The maximum atomic E-state index is 5.42. The highest BCUT2D eigenvalue weighted by Crippen LogP contribution is 2.46. The monoisotopic (exact) mass is 724 g/mol. The summed E-state index contributed by atoms with van der Waals surface area (Å²) < 4.78 is 0. The van der Waals surface area contributed by atoms with Gasteiger partial charge in [0.1, 0.15) is 0 Å². The molecule has 0 saturated heterocycles. The summed E-state index contributed by atoms with van der Waals surface area (Å²) in [4.78, 5) is 5.36. The molecular formula is C41H40S6. The molecule has 240 valence electrons. The van der Waals surface area contributed by atoms with E-state index in [1.165, 1.54) is 5.56 Å². The summed E-state index contributed by atoms with van der Waals surface area (Å²) in [5, 5.41) is 0. The van der Waals surface area contributed by atoms with E-state index < -0.39 is 5.41 Å². The van der Waals surface area contributed by atoms with E-state index in [0.29, 0.717) is 6.42 Å². The van der Waals surface area contributed by atoms with Gasteiger partial charge in [-0.3, -0.25) is 0 Å². The highest BCUT2D eigenvalue weighted by Gasteiger charge is 2.38. The van der Waals surface area contributed by atoms with Gasteiger partial charge in [0.25, 0.3) is 0 Å². The van der Waals surface area contributed by atoms with Crippen molar-refractivity contribution < 1.29 is 0 Å². The summed E-state index contributed by atoms with van der Waals surface area (Å²) in [5.74, 6) is 2.64. The molecule has 0 N–H and O–H groups in total. The third kappa shape index (κ3) is 8.57. The summed E-state index contributed by atoms with van der Waals surface area (Å²) >= 11 is 28.3. The molecule has 0 saturated carbocycles. The third-order valence-corrected chi connectivity index (χ3v) is 10.9. The van der Waals surface area contributed by atoms with Crippen LogP contribution < -0.4 is 0 Å². The summed E-state index contributed by atoms with van der Waals surface area (Å²) in [6, 6.07) is 20.8. The maximum Gasteiger partial charge on any atom is 0.0283 e. The number of terminal acetylenes is 1. The van der Waals surface area contributed by atoms with Gasteiger partial charge in [0.05, 0.1) is 0 Å². The van der Waals surface area contributed by atoms with Gasteiger partial charge in [-0.1, -0.05) is 93.1 Å². The molecule has 3 unspecified atom stereocenters. The molecule has 4 rings (SSSR count). The quantitative estimate of drug-likeness (QED) is 0.0633. The number of hydrogen-bond acceptors (Lipinski definition) is 6. The fourth-order valence-corrected chi connectivity index (χ4v) is 7.68. The minimum absolute atomic E-state index is 0.112. The summed E-state index contributed by atoms with van der Waals surface area (Å²) in [7, 11) is 0. The van der Waals surface area contributed by atoms with Crippen LogP contribution in [0.15, 0.2) is 157 Å². The van der Waals surface area contributed by atoms with Crippen LogP contribution in [0.4, 0.5) is 0 Å². The average Bonchev–Trinajstić information content (AvgIpc) is 3.51. The molecule has 3 atom stereocenters. The highest BCUT2D eigenvalue weighted by atomic mass is 32.1. The molecule has 0 aromatic heterocycles. The van der Waals surface area contributed by atoms with Gasteiger partial charge in [0.2, 0.25) is 0 Å². The van der Waals surface area contributed by atoms with E-state index >= 15 is 0 Å². The number of rotatable bonds is 11. The minimum Gasteiger partial charge on any atom is -0.144 e. The number of hydrogen-bond donors (Lipinski definition) is 6. The van der Waals surface area contributed by atoms with E-state index in [-0.39, 0.29) is 11.3 Å². The van der Waals surface area contributed by atoms with Crippen LogP contribution >= 0.6 is 75.8 Å². The molecule has 0 nitrogen and oxygen atoms in total. The van der Waals surface area contributed by atoms with Crippen LogP contribution in [0.5, 0.6) is 0 Å². The zero-order valence-electron chi connectivity index (χ0n) is 26.7. The zero-order chi connectivity index (χ0) is 34.4. The van der Waals surface area contributed by atoms with Crippen molar-refractivity contribution in [2.75, 3.05) is 0 Å². The van der Waals surface area contributed by atoms with Crippen molar-refractivity contribution in [3.8, 4) is 12.3 Å². The lowest BCUT2D eigenvalue weighted by molar-refractivity contribution is 0.479. The molecule has 0 bridgehead atoms. The second-order valence-corrected chi connectivity index (χ2v) is 15.0. The van der Waals surface area contributed by atoms with Gasteiger partial charge >= 0.3 is 0 Å².